The summed E-state index contributed by atoms with van der Waals surface area (Å²) in [6, 6.07) is 2.93. The molecular weight excluding hydrogens is 334 g/mol. The lowest BCUT2D eigenvalue weighted by atomic mass is 10.1. The Labute approximate surface area is 140 Å². The van der Waals surface area contributed by atoms with Crippen molar-refractivity contribution in [3.05, 3.63) is 12.1 Å². The maximum atomic E-state index is 13.2. The van der Waals surface area contributed by atoms with Crippen molar-refractivity contribution < 1.29 is 22.7 Å². The Morgan fingerprint density at radius 2 is 2.17 bits per heavy atom. The standard InChI is InChI=1S/C15H19N3O5S/c1-22-13-4-10-12(23-8-15(19)17-10)5-14(13)24(20,21)18-3-2-9-6-16-7-11(9)18/h4-5,9,11,16H,2-3,6-8H2,1H3,(H,17,19)/t9-,11+/m0/s1. The molecule has 4 rings (SSSR count). The van der Waals surface area contributed by atoms with Gasteiger partial charge in [0.15, 0.2) is 6.61 Å². The molecule has 0 radical (unpaired) electrons. The maximum Gasteiger partial charge on any atom is 0.262 e. The van der Waals surface area contributed by atoms with Crippen molar-refractivity contribution in [3.63, 3.8) is 0 Å². The van der Waals surface area contributed by atoms with Gasteiger partial charge in [-0.3, -0.25) is 4.79 Å². The van der Waals surface area contributed by atoms with Crippen molar-refractivity contribution >= 4 is 21.6 Å². The summed E-state index contributed by atoms with van der Waals surface area (Å²) in [6.07, 6.45) is 0.858. The lowest BCUT2D eigenvalue weighted by molar-refractivity contribution is -0.118. The van der Waals surface area contributed by atoms with Gasteiger partial charge in [0.1, 0.15) is 16.4 Å². The average Bonchev–Trinajstić information content (AvgIpc) is 3.16. The number of anilines is 1. The van der Waals surface area contributed by atoms with Gasteiger partial charge in [-0.2, -0.15) is 4.31 Å². The fourth-order valence-corrected chi connectivity index (χ4v) is 5.54. The van der Waals surface area contributed by atoms with Gasteiger partial charge in [0, 0.05) is 31.3 Å². The third-order valence-electron chi connectivity index (χ3n) is 4.88. The minimum Gasteiger partial charge on any atom is -0.495 e. The third kappa shape index (κ3) is 2.35. The van der Waals surface area contributed by atoms with Gasteiger partial charge in [-0.25, -0.2) is 8.42 Å². The number of nitrogens with zero attached hydrogens (tertiary/aromatic N) is 1. The van der Waals surface area contributed by atoms with Crippen LogP contribution < -0.4 is 20.1 Å². The number of nitrogens with one attached hydrogen (secondary N) is 2. The molecule has 0 unspecified atom stereocenters. The second-order valence-electron chi connectivity index (χ2n) is 6.23. The highest BCUT2D eigenvalue weighted by atomic mass is 32.2. The Bertz CT molecular complexity index is 795. The molecule has 130 valence electrons. The predicted molar refractivity (Wildman–Crippen MR) is 85.8 cm³/mol. The Morgan fingerprint density at radius 1 is 1.33 bits per heavy atom. The molecule has 3 aliphatic heterocycles. The molecule has 0 aliphatic carbocycles. The third-order valence-corrected chi connectivity index (χ3v) is 6.83. The first-order chi connectivity index (χ1) is 11.5. The SMILES string of the molecule is COc1cc2c(cc1S(=O)(=O)N1CC[C@H]3CNC[C@H]31)OCC(=O)N2. The van der Waals surface area contributed by atoms with Crippen LogP contribution in [-0.2, 0) is 14.8 Å². The monoisotopic (exact) mass is 353 g/mol. The van der Waals surface area contributed by atoms with Crippen molar-refractivity contribution in [1.29, 1.82) is 0 Å². The second-order valence-corrected chi connectivity index (χ2v) is 8.09. The van der Waals surface area contributed by atoms with Gasteiger partial charge < -0.3 is 20.1 Å². The molecule has 1 aromatic rings. The van der Waals surface area contributed by atoms with Gasteiger partial charge in [0.05, 0.1) is 12.8 Å². The van der Waals surface area contributed by atoms with Gasteiger partial charge in [0.2, 0.25) is 10.0 Å². The molecule has 0 aromatic heterocycles. The average molecular weight is 353 g/mol. The first-order valence-corrected chi connectivity index (χ1v) is 9.32. The van der Waals surface area contributed by atoms with E-state index in [0.717, 1.165) is 13.0 Å². The topological polar surface area (TPSA) is 97.0 Å². The first-order valence-electron chi connectivity index (χ1n) is 7.88. The molecule has 1 aromatic carbocycles. The summed E-state index contributed by atoms with van der Waals surface area (Å²) in [4.78, 5) is 11.5. The zero-order chi connectivity index (χ0) is 16.9. The fourth-order valence-electron chi connectivity index (χ4n) is 3.68. The largest absolute Gasteiger partial charge is 0.495 e. The van der Waals surface area contributed by atoms with E-state index >= 15 is 0 Å². The van der Waals surface area contributed by atoms with Crippen LogP contribution in [0.25, 0.3) is 0 Å². The van der Waals surface area contributed by atoms with Gasteiger partial charge in [-0.15, -0.1) is 0 Å². The van der Waals surface area contributed by atoms with E-state index in [2.05, 4.69) is 10.6 Å². The molecule has 3 heterocycles. The molecule has 0 saturated carbocycles. The van der Waals surface area contributed by atoms with E-state index in [4.69, 9.17) is 9.47 Å². The molecular formula is C15H19N3O5S. The molecule has 2 saturated heterocycles. The predicted octanol–water partition coefficient (Wildman–Crippen LogP) is 0.00850. The molecule has 1 amide bonds. The Hall–Kier alpha value is -1.84. The number of sulfonamides is 1. The summed E-state index contributed by atoms with van der Waals surface area (Å²) in [6.45, 7) is 1.91. The summed E-state index contributed by atoms with van der Waals surface area (Å²) >= 11 is 0. The Kier molecular flexibility index (Phi) is 3.66. The zero-order valence-electron chi connectivity index (χ0n) is 13.2. The number of methoxy groups -OCH3 is 1. The van der Waals surface area contributed by atoms with Crippen molar-refractivity contribution in [3.8, 4) is 11.5 Å². The Balaban J connectivity index is 1.76. The van der Waals surface area contributed by atoms with E-state index in [1.165, 1.54) is 19.2 Å². The smallest absolute Gasteiger partial charge is 0.262 e. The molecule has 24 heavy (non-hydrogen) atoms. The number of benzene rings is 1. The van der Waals surface area contributed by atoms with Crippen molar-refractivity contribution in [1.82, 2.24) is 9.62 Å². The van der Waals surface area contributed by atoms with Crippen molar-refractivity contribution in [2.75, 3.05) is 38.7 Å². The van der Waals surface area contributed by atoms with Gasteiger partial charge >= 0.3 is 0 Å². The number of ether oxygens (including phenoxy) is 2. The summed E-state index contributed by atoms with van der Waals surface area (Å²) in [5, 5.41) is 5.91. The summed E-state index contributed by atoms with van der Waals surface area (Å²) in [7, 11) is -2.29. The maximum absolute atomic E-state index is 13.2. The highest BCUT2D eigenvalue weighted by Gasteiger charge is 2.45. The number of carbonyl (C=O) groups excluding carboxylic acids is 1. The van der Waals surface area contributed by atoms with Crippen LogP contribution >= 0.6 is 0 Å². The lowest BCUT2D eigenvalue weighted by Gasteiger charge is -2.25. The quantitative estimate of drug-likeness (QED) is 0.795. The van der Waals surface area contributed by atoms with Crippen LogP contribution in [0.5, 0.6) is 11.5 Å². The summed E-state index contributed by atoms with van der Waals surface area (Å²) < 4.78 is 38.6. The fraction of sp³-hybridized carbons (Fsp3) is 0.533. The van der Waals surface area contributed by atoms with E-state index in [9.17, 15) is 13.2 Å². The van der Waals surface area contributed by atoms with Gasteiger partial charge in [-0.05, 0) is 18.9 Å². The summed E-state index contributed by atoms with van der Waals surface area (Å²) in [5.41, 5.74) is 0.420. The van der Waals surface area contributed by atoms with Crippen LogP contribution in [0.2, 0.25) is 0 Å². The highest BCUT2D eigenvalue weighted by Crippen LogP contribution is 2.40. The van der Waals surface area contributed by atoms with Crippen LogP contribution in [-0.4, -0.2) is 58.0 Å². The molecule has 2 N–H and O–H groups in total. The minimum atomic E-state index is -3.71. The summed E-state index contributed by atoms with van der Waals surface area (Å²) in [5.74, 6) is 0.627. The minimum absolute atomic E-state index is 0.0173. The molecule has 2 atom stereocenters. The molecule has 0 bridgehead atoms. The van der Waals surface area contributed by atoms with Crippen LogP contribution in [0.1, 0.15) is 6.42 Å². The number of amides is 1. The van der Waals surface area contributed by atoms with Crippen LogP contribution in [0.4, 0.5) is 5.69 Å². The van der Waals surface area contributed by atoms with Crippen molar-refractivity contribution in [2.45, 2.75) is 17.4 Å². The first kappa shape index (κ1) is 15.7. The zero-order valence-corrected chi connectivity index (χ0v) is 14.1. The van der Waals surface area contributed by atoms with Crippen molar-refractivity contribution in [2.24, 2.45) is 5.92 Å². The van der Waals surface area contributed by atoms with E-state index in [1.807, 2.05) is 0 Å². The van der Waals surface area contributed by atoms with Crippen LogP contribution in [0.15, 0.2) is 17.0 Å². The molecule has 3 aliphatic rings. The number of hydrogen-bond acceptors (Lipinski definition) is 6. The number of fused-ring (bicyclic) bond motifs is 2. The van der Waals surface area contributed by atoms with Crippen LogP contribution in [0, 0.1) is 5.92 Å². The van der Waals surface area contributed by atoms with E-state index < -0.39 is 10.0 Å². The lowest BCUT2D eigenvalue weighted by Crippen LogP contribution is -2.39. The molecule has 8 nitrogen and oxygen atoms in total. The van der Waals surface area contributed by atoms with E-state index in [-0.39, 0.29) is 29.2 Å². The number of hydrogen-bond donors (Lipinski definition) is 2. The molecule has 0 spiro atoms. The van der Waals surface area contributed by atoms with Crippen LogP contribution in [0.3, 0.4) is 0 Å². The molecule has 2 fully saturated rings. The second kappa shape index (κ2) is 5.61. The number of carbonyl (C=O) groups is 1. The normalized spacial score (nSPS) is 26.5. The van der Waals surface area contributed by atoms with E-state index in [0.29, 0.717) is 30.4 Å². The molecule has 9 heteroatoms. The van der Waals surface area contributed by atoms with Gasteiger partial charge in [0.25, 0.3) is 5.91 Å². The Morgan fingerprint density at radius 3 is 2.96 bits per heavy atom. The highest BCUT2D eigenvalue weighted by molar-refractivity contribution is 7.89. The van der Waals surface area contributed by atoms with Gasteiger partial charge in [-0.1, -0.05) is 0 Å². The van der Waals surface area contributed by atoms with E-state index in [1.54, 1.807) is 4.31 Å². The number of rotatable bonds is 3.